The molecule has 202 valence electrons. The number of carbonyl (C=O) groups excluding carboxylic acids is 1. The molecular formula is C33H37N3O3. The minimum Gasteiger partial charge on any atom is -0.480 e. The van der Waals surface area contributed by atoms with Crippen LogP contribution in [0.15, 0.2) is 85.2 Å². The van der Waals surface area contributed by atoms with E-state index in [1.54, 1.807) is 7.05 Å². The van der Waals surface area contributed by atoms with Gasteiger partial charge in [-0.2, -0.15) is 0 Å². The Morgan fingerprint density at radius 3 is 1.85 bits per heavy atom. The molecule has 1 atom stereocenters. The van der Waals surface area contributed by atoms with Crippen molar-refractivity contribution in [2.45, 2.75) is 52.0 Å². The SMILES string of the molecule is CCc1ccc(C=O)cc1.CNC(Cc1ccc(-c2ncc(-c3ccc(C(C)(C)C)cc3)cn2)cc1)C(=O)O. The van der Waals surface area contributed by atoms with Gasteiger partial charge >= 0.3 is 5.97 Å². The highest BCUT2D eigenvalue weighted by Gasteiger charge is 2.15. The highest BCUT2D eigenvalue weighted by atomic mass is 16.4. The first-order chi connectivity index (χ1) is 18.6. The quantitative estimate of drug-likeness (QED) is 0.260. The van der Waals surface area contributed by atoms with Gasteiger partial charge in [0.1, 0.15) is 12.3 Å². The maximum absolute atomic E-state index is 11.2. The molecule has 1 heterocycles. The Kier molecular flexibility index (Phi) is 10.2. The molecule has 0 saturated heterocycles. The van der Waals surface area contributed by atoms with Crippen LogP contribution in [0, 0.1) is 0 Å². The molecule has 2 N–H and O–H groups in total. The first-order valence-electron chi connectivity index (χ1n) is 13.1. The number of hydrogen-bond acceptors (Lipinski definition) is 5. The lowest BCUT2D eigenvalue weighted by Gasteiger charge is -2.19. The molecule has 0 bridgehead atoms. The van der Waals surface area contributed by atoms with E-state index in [0.29, 0.717) is 12.2 Å². The molecule has 0 radical (unpaired) electrons. The van der Waals surface area contributed by atoms with Gasteiger partial charge < -0.3 is 10.4 Å². The first-order valence-corrected chi connectivity index (χ1v) is 13.1. The minimum absolute atomic E-state index is 0.128. The fourth-order valence-corrected chi connectivity index (χ4v) is 3.96. The van der Waals surface area contributed by atoms with Crippen LogP contribution in [0.4, 0.5) is 0 Å². The van der Waals surface area contributed by atoms with Gasteiger partial charge in [0, 0.05) is 29.1 Å². The summed E-state index contributed by atoms with van der Waals surface area (Å²) in [5, 5.41) is 12.0. The molecule has 4 aromatic rings. The first kappa shape index (κ1) is 29.4. The summed E-state index contributed by atoms with van der Waals surface area (Å²) in [6, 6.07) is 23.2. The van der Waals surface area contributed by atoms with Crippen molar-refractivity contribution >= 4 is 12.3 Å². The number of rotatable bonds is 8. The average Bonchev–Trinajstić information content (AvgIpc) is 2.96. The number of hydrogen-bond donors (Lipinski definition) is 2. The lowest BCUT2D eigenvalue weighted by atomic mass is 9.86. The average molecular weight is 524 g/mol. The van der Waals surface area contributed by atoms with E-state index < -0.39 is 12.0 Å². The zero-order valence-electron chi connectivity index (χ0n) is 23.3. The highest BCUT2D eigenvalue weighted by Crippen LogP contribution is 2.26. The van der Waals surface area contributed by atoms with Gasteiger partial charge in [-0.25, -0.2) is 9.97 Å². The number of carboxylic acids is 1. The Labute approximate surface area is 231 Å². The Balaban J connectivity index is 0.000000353. The number of aryl methyl sites for hydroxylation is 1. The second-order valence-corrected chi connectivity index (χ2v) is 10.4. The van der Waals surface area contributed by atoms with Crippen molar-refractivity contribution in [2.24, 2.45) is 0 Å². The topological polar surface area (TPSA) is 92.2 Å². The Morgan fingerprint density at radius 2 is 1.38 bits per heavy atom. The van der Waals surface area contributed by atoms with Gasteiger partial charge in [0.15, 0.2) is 5.82 Å². The number of benzene rings is 3. The van der Waals surface area contributed by atoms with Gasteiger partial charge in [-0.3, -0.25) is 9.59 Å². The lowest BCUT2D eigenvalue weighted by molar-refractivity contribution is -0.139. The van der Waals surface area contributed by atoms with E-state index in [-0.39, 0.29) is 5.41 Å². The summed E-state index contributed by atoms with van der Waals surface area (Å²) in [7, 11) is 1.65. The van der Waals surface area contributed by atoms with Crippen molar-refractivity contribution in [2.75, 3.05) is 7.05 Å². The fraction of sp³-hybridized carbons (Fsp3) is 0.273. The molecule has 0 fully saturated rings. The number of aldehydes is 1. The molecule has 6 heteroatoms. The van der Waals surface area contributed by atoms with E-state index in [2.05, 4.69) is 67.2 Å². The molecule has 0 aliphatic rings. The molecule has 6 nitrogen and oxygen atoms in total. The van der Waals surface area contributed by atoms with Crippen molar-refractivity contribution in [3.05, 3.63) is 107 Å². The van der Waals surface area contributed by atoms with E-state index in [0.717, 1.165) is 40.5 Å². The molecule has 0 aliphatic heterocycles. The molecular weight excluding hydrogens is 486 g/mol. The molecule has 4 rings (SSSR count). The van der Waals surface area contributed by atoms with Crippen LogP contribution in [-0.4, -0.2) is 40.4 Å². The second kappa shape index (κ2) is 13.6. The molecule has 0 aliphatic carbocycles. The number of carboxylic acid groups (broad SMARTS) is 1. The number of nitrogens with one attached hydrogen (secondary N) is 1. The van der Waals surface area contributed by atoms with E-state index in [1.807, 2.05) is 60.9 Å². The Bertz CT molecular complexity index is 1340. The maximum atomic E-state index is 11.2. The van der Waals surface area contributed by atoms with Gasteiger partial charge in [0.25, 0.3) is 0 Å². The number of carbonyl (C=O) groups is 2. The third-order valence-corrected chi connectivity index (χ3v) is 6.56. The van der Waals surface area contributed by atoms with Crippen LogP contribution in [0.2, 0.25) is 0 Å². The van der Waals surface area contributed by atoms with E-state index >= 15 is 0 Å². The third-order valence-electron chi connectivity index (χ3n) is 6.56. The summed E-state index contributed by atoms with van der Waals surface area (Å²) in [5.74, 6) is -0.207. The number of likely N-dealkylation sites (N-methyl/N-ethyl adjacent to an activating group) is 1. The van der Waals surface area contributed by atoms with E-state index in [4.69, 9.17) is 5.11 Å². The monoisotopic (exact) mass is 523 g/mol. The van der Waals surface area contributed by atoms with Crippen LogP contribution in [0.25, 0.3) is 22.5 Å². The molecule has 0 spiro atoms. The summed E-state index contributed by atoms with van der Waals surface area (Å²) in [5.41, 5.74) is 7.36. The van der Waals surface area contributed by atoms with Crippen molar-refractivity contribution in [3.8, 4) is 22.5 Å². The predicted molar refractivity (Wildman–Crippen MR) is 157 cm³/mol. The van der Waals surface area contributed by atoms with Crippen LogP contribution in [0.5, 0.6) is 0 Å². The van der Waals surface area contributed by atoms with Crippen LogP contribution >= 0.6 is 0 Å². The maximum Gasteiger partial charge on any atom is 0.321 e. The summed E-state index contributed by atoms with van der Waals surface area (Å²) in [6.45, 7) is 8.69. The van der Waals surface area contributed by atoms with E-state index in [1.165, 1.54) is 11.1 Å². The van der Waals surface area contributed by atoms with Crippen molar-refractivity contribution in [1.29, 1.82) is 0 Å². The van der Waals surface area contributed by atoms with Crippen molar-refractivity contribution in [3.63, 3.8) is 0 Å². The summed E-state index contributed by atoms with van der Waals surface area (Å²) in [4.78, 5) is 30.4. The number of nitrogens with zero attached hydrogens (tertiary/aromatic N) is 2. The highest BCUT2D eigenvalue weighted by molar-refractivity contribution is 5.74. The van der Waals surface area contributed by atoms with Crippen LogP contribution in [0.1, 0.15) is 54.7 Å². The number of aromatic nitrogens is 2. The summed E-state index contributed by atoms with van der Waals surface area (Å²) in [6.07, 6.45) is 5.99. The number of aliphatic carboxylic acids is 1. The molecule has 1 unspecified atom stereocenters. The van der Waals surface area contributed by atoms with Gasteiger partial charge in [0.05, 0.1) is 0 Å². The molecule has 1 aromatic heterocycles. The minimum atomic E-state index is -0.856. The van der Waals surface area contributed by atoms with Crippen molar-refractivity contribution in [1.82, 2.24) is 15.3 Å². The largest absolute Gasteiger partial charge is 0.480 e. The Morgan fingerprint density at radius 1 is 0.846 bits per heavy atom. The van der Waals surface area contributed by atoms with Crippen molar-refractivity contribution < 1.29 is 14.7 Å². The molecule has 39 heavy (non-hydrogen) atoms. The zero-order valence-corrected chi connectivity index (χ0v) is 23.3. The molecule has 3 aromatic carbocycles. The van der Waals surface area contributed by atoms with E-state index in [9.17, 15) is 9.59 Å². The van der Waals surface area contributed by atoms with Crippen LogP contribution in [-0.2, 0) is 23.1 Å². The normalized spacial score (nSPS) is 11.7. The predicted octanol–water partition coefficient (Wildman–Crippen LogP) is 6.38. The third kappa shape index (κ3) is 8.42. The van der Waals surface area contributed by atoms with Gasteiger partial charge in [-0.15, -0.1) is 0 Å². The Hall–Kier alpha value is -4.16. The standard InChI is InChI=1S/C24H27N3O2.C9H10O/c1-24(2,3)20-11-9-17(10-12-20)19-14-26-22(27-15-19)18-7-5-16(6-8-18)13-21(25-4)23(28)29;1-2-8-3-5-9(7-10)6-4-8/h5-12,14-15,21,25H,13H2,1-4H3,(H,28,29);3-7H,2H2,1H3. The van der Waals surface area contributed by atoms with Crippen LogP contribution in [0.3, 0.4) is 0 Å². The van der Waals surface area contributed by atoms with Crippen LogP contribution < -0.4 is 5.32 Å². The smallest absolute Gasteiger partial charge is 0.321 e. The second-order valence-electron chi connectivity index (χ2n) is 10.4. The van der Waals surface area contributed by atoms with Gasteiger partial charge in [0.2, 0.25) is 0 Å². The fourth-order valence-electron chi connectivity index (χ4n) is 3.96. The van der Waals surface area contributed by atoms with Gasteiger partial charge in [-0.05, 0) is 47.6 Å². The summed E-state index contributed by atoms with van der Waals surface area (Å²) >= 11 is 0. The summed E-state index contributed by atoms with van der Waals surface area (Å²) < 4.78 is 0. The zero-order chi connectivity index (χ0) is 28.4. The molecule has 0 saturated carbocycles. The molecule has 0 amide bonds. The van der Waals surface area contributed by atoms with Gasteiger partial charge in [-0.1, -0.05) is 100 Å². The lowest BCUT2D eigenvalue weighted by Crippen LogP contribution is -2.35.